The van der Waals surface area contributed by atoms with Crippen molar-refractivity contribution >= 4 is 5.95 Å². The fourth-order valence-electron chi connectivity index (χ4n) is 2.46. The quantitative estimate of drug-likeness (QED) is 0.845. The molecular weight excluding hydrogens is 198 g/mol. The first-order valence-electron chi connectivity index (χ1n) is 6.57. The van der Waals surface area contributed by atoms with E-state index in [0.717, 1.165) is 24.8 Å². The SMILES string of the molecule is CCCn1ccnc1NC1CCC(C)CC1. The number of rotatable bonds is 4. The van der Waals surface area contributed by atoms with Gasteiger partial charge in [-0.15, -0.1) is 0 Å². The van der Waals surface area contributed by atoms with Crippen LogP contribution in [0.15, 0.2) is 12.4 Å². The Kier molecular flexibility index (Phi) is 3.86. The molecule has 0 radical (unpaired) electrons. The maximum Gasteiger partial charge on any atom is 0.202 e. The Hall–Kier alpha value is -0.990. The molecule has 2 rings (SSSR count). The number of imidazole rings is 1. The van der Waals surface area contributed by atoms with Gasteiger partial charge in [0.15, 0.2) is 0 Å². The molecule has 1 aliphatic rings. The topological polar surface area (TPSA) is 29.9 Å². The number of nitrogens with one attached hydrogen (secondary N) is 1. The average Bonchev–Trinajstić information content (AvgIpc) is 2.70. The van der Waals surface area contributed by atoms with Gasteiger partial charge >= 0.3 is 0 Å². The minimum Gasteiger partial charge on any atom is -0.353 e. The molecule has 1 heterocycles. The molecule has 1 fully saturated rings. The van der Waals surface area contributed by atoms with Crippen molar-refractivity contribution in [1.29, 1.82) is 0 Å². The first-order valence-corrected chi connectivity index (χ1v) is 6.57. The average molecular weight is 221 g/mol. The summed E-state index contributed by atoms with van der Waals surface area (Å²) in [5.41, 5.74) is 0. The lowest BCUT2D eigenvalue weighted by molar-refractivity contribution is 0.359. The second kappa shape index (κ2) is 5.37. The standard InChI is InChI=1S/C13H23N3/c1-3-9-16-10-8-14-13(16)15-12-6-4-11(2)5-7-12/h8,10-12H,3-7,9H2,1-2H3,(H,14,15). The molecule has 1 aromatic heterocycles. The largest absolute Gasteiger partial charge is 0.353 e. The lowest BCUT2D eigenvalue weighted by Gasteiger charge is -2.27. The van der Waals surface area contributed by atoms with Gasteiger partial charge in [0.05, 0.1) is 0 Å². The second-order valence-electron chi connectivity index (χ2n) is 5.05. The van der Waals surface area contributed by atoms with Crippen LogP contribution in [0.25, 0.3) is 0 Å². The van der Waals surface area contributed by atoms with Crippen LogP contribution in [0.1, 0.15) is 46.0 Å². The summed E-state index contributed by atoms with van der Waals surface area (Å²) < 4.78 is 2.22. The molecule has 1 saturated carbocycles. The van der Waals surface area contributed by atoms with Crippen LogP contribution in [0.3, 0.4) is 0 Å². The monoisotopic (exact) mass is 221 g/mol. The van der Waals surface area contributed by atoms with Crippen molar-refractivity contribution in [3.8, 4) is 0 Å². The van der Waals surface area contributed by atoms with Crippen molar-refractivity contribution in [2.45, 2.75) is 58.5 Å². The highest BCUT2D eigenvalue weighted by Gasteiger charge is 2.18. The van der Waals surface area contributed by atoms with Crippen LogP contribution in [0, 0.1) is 5.92 Å². The minimum absolute atomic E-state index is 0.634. The lowest BCUT2D eigenvalue weighted by atomic mass is 9.87. The molecular formula is C13H23N3. The predicted octanol–water partition coefficient (Wildman–Crippen LogP) is 3.28. The molecule has 0 spiro atoms. The van der Waals surface area contributed by atoms with E-state index in [1.807, 2.05) is 6.20 Å². The fraction of sp³-hybridized carbons (Fsp3) is 0.769. The summed E-state index contributed by atoms with van der Waals surface area (Å²) in [5, 5.41) is 3.59. The summed E-state index contributed by atoms with van der Waals surface area (Å²) in [4.78, 5) is 4.40. The Balaban J connectivity index is 1.90. The zero-order valence-electron chi connectivity index (χ0n) is 10.4. The van der Waals surface area contributed by atoms with E-state index in [1.54, 1.807) is 0 Å². The minimum atomic E-state index is 0.634. The Labute approximate surface area is 98.3 Å². The maximum absolute atomic E-state index is 4.40. The lowest BCUT2D eigenvalue weighted by Crippen LogP contribution is -2.26. The van der Waals surface area contributed by atoms with Gasteiger partial charge in [0.25, 0.3) is 0 Å². The van der Waals surface area contributed by atoms with Gasteiger partial charge in [-0.2, -0.15) is 0 Å². The Morgan fingerprint density at radius 2 is 2.12 bits per heavy atom. The van der Waals surface area contributed by atoms with Crippen LogP contribution in [-0.2, 0) is 6.54 Å². The van der Waals surface area contributed by atoms with Crippen LogP contribution < -0.4 is 5.32 Å². The highest BCUT2D eigenvalue weighted by Crippen LogP contribution is 2.25. The van der Waals surface area contributed by atoms with E-state index in [2.05, 4.69) is 34.9 Å². The zero-order chi connectivity index (χ0) is 11.4. The number of hydrogen-bond donors (Lipinski definition) is 1. The van der Waals surface area contributed by atoms with Gasteiger partial charge in [-0.3, -0.25) is 0 Å². The Morgan fingerprint density at radius 1 is 1.38 bits per heavy atom. The van der Waals surface area contributed by atoms with Gasteiger partial charge in [-0.05, 0) is 38.0 Å². The normalized spacial score (nSPS) is 25.6. The molecule has 0 saturated heterocycles. The van der Waals surface area contributed by atoms with Gasteiger partial charge in [0.1, 0.15) is 0 Å². The van der Waals surface area contributed by atoms with Crippen molar-refractivity contribution in [2.75, 3.05) is 5.32 Å². The molecule has 90 valence electrons. The molecule has 1 aromatic rings. The van der Waals surface area contributed by atoms with Crippen LogP contribution in [0.4, 0.5) is 5.95 Å². The molecule has 3 heteroatoms. The van der Waals surface area contributed by atoms with E-state index in [9.17, 15) is 0 Å². The van der Waals surface area contributed by atoms with E-state index in [4.69, 9.17) is 0 Å². The van der Waals surface area contributed by atoms with E-state index in [1.165, 1.54) is 25.7 Å². The summed E-state index contributed by atoms with van der Waals surface area (Å²) >= 11 is 0. The summed E-state index contributed by atoms with van der Waals surface area (Å²) in [7, 11) is 0. The maximum atomic E-state index is 4.40. The van der Waals surface area contributed by atoms with Crippen molar-refractivity contribution in [1.82, 2.24) is 9.55 Å². The highest BCUT2D eigenvalue weighted by atomic mass is 15.2. The summed E-state index contributed by atoms with van der Waals surface area (Å²) in [6.07, 6.45) is 10.4. The predicted molar refractivity (Wildman–Crippen MR) is 67.6 cm³/mol. The van der Waals surface area contributed by atoms with Gasteiger partial charge in [-0.25, -0.2) is 4.98 Å². The molecule has 0 amide bonds. The summed E-state index contributed by atoms with van der Waals surface area (Å²) in [5.74, 6) is 1.97. The Bertz CT molecular complexity index is 311. The van der Waals surface area contributed by atoms with Gasteiger partial charge in [0, 0.05) is 25.0 Å². The first kappa shape index (κ1) is 11.5. The summed E-state index contributed by atoms with van der Waals surface area (Å²) in [6.45, 7) is 5.62. The van der Waals surface area contributed by atoms with Crippen LogP contribution in [-0.4, -0.2) is 15.6 Å². The number of aromatic nitrogens is 2. The molecule has 0 unspecified atom stereocenters. The van der Waals surface area contributed by atoms with Crippen LogP contribution in [0.2, 0.25) is 0 Å². The second-order valence-corrected chi connectivity index (χ2v) is 5.05. The molecule has 0 aliphatic heterocycles. The Morgan fingerprint density at radius 3 is 2.81 bits per heavy atom. The van der Waals surface area contributed by atoms with E-state index in [0.29, 0.717) is 6.04 Å². The van der Waals surface area contributed by atoms with Crippen molar-refractivity contribution in [2.24, 2.45) is 5.92 Å². The number of hydrogen-bond acceptors (Lipinski definition) is 2. The van der Waals surface area contributed by atoms with E-state index in [-0.39, 0.29) is 0 Å². The van der Waals surface area contributed by atoms with Gasteiger partial charge in [0.2, 0.25) is 5.95 Å². The molecule has 16 heavy (non-hydrogen) atoms. The van der Waals surface area contributed by atoms with Gasteiger partial charge in [-0.1, -0.05) is 13.8 Å². The van der Waals surface area contributed by atoms with Gasteiger partial charge < -0.3 is 9.88 Å². The van der Waals surface area contributed by atoms with Crippen molar-refractivity contribution in [3.05, 3.63) is 12.4 Å². The van der Waals surface area contributed by atoms with Crippen LogP contribution in [0.5, 0.6) is 0 Å². The number of anilines is 1. The third-order valence-electron chi connectivity index (χ3n) is 3.53. The molecule has 3 nitrogen and oxygen atoms in total. The molecule has 0 bridgehead atoms. The smallest absolute Gasteiger partial charge is 0.202 e. The van der Waals surface area contributed by atoms with Crippen LogP contribution >= 0.6 is 0 Å². The molecule has 0 aromatic carbocycles. The molecule has 1 N–H and O–H groups in total. The number of aryl methyl sites for hydroxylation is 1. The third kappa shape index (κ3) is 2.77. The highest BCUT2D eigenvalue weighted by molar-refractivity contribution is 5.27. The van der Waals surface area contributed by atoms with Crippen molar-refractivity contribution < 1.29 is 0 Å². The fourth-order valence-corrected chi connectivity index (χ4v) is 2.46. The zero-order valence-corrected chi connectivity index (χ0v) is 10.4. The van der Waals surface area contributed by atoms with E-state index >= 15 is 0 Å². The first-order chi connectivity index (χ1) is 7.79. The third-order valence-corrected chi connectivity index (χ3v) is 3.53. The summed E-state index contributed by atoms with van der Waals surface area (Å²) in [6, 6.07) is 0.634. The molecule has 1 aliphatic carbocycles. The van der Waals surface area contributed by atoms with Crippen molar-refractivity contribution in [3.63, 3.8) is 0 Å². The number of nitrogens with zero attached hydrogens (tertiary/aromatic N) is 2. The van der Waals surface area contributed by atoms with E-state index < -0.39 is 0 Å². The molecule has 0 atom stereocenters.